The fourth-order valence-electron chi connectivity index (χ4n) is 7.84. The van der Waals surface area contributed by atoms with E-state index in [4.69, 9.17) is 4.74 Å². The number of fused-ring (bicyclic) bond motifs is 5. The second kappa shape index (κ2) is 7.74. The number of hydrogen-bond acceptors (Lipinski definition) is 2. The maximum Gasteiger partial charge on any atom is 0.416 e. The molecular formula is C28H33F3O2. The lowest BCUT2D eigenvalue weighted by atomic mass is 9.47. The van der Waals surface area contributed by atoms with Crippen LogP contribution in [0, 0.1) is 28.6 Å². The number of hydrogen-bond donors (Lipinski definition) is 0. The van der Waals surface area contributed by atoms with Gasteiger partial charge in [-0.25, -0.2) is 0 Å². The van der Waals surface area contributed by atoms with Crippen molar-refractivity contribution in [1.82, 2.24) is 0 Å². The highest BCUT2D eigenvalue weighted by Crippen LogP contribution is 2.66. The molecule has 1 aromatic rings. The first kappa shape index (κ1) is 22.7. The molecule has 178 valence electrons. The van der Waals surface area contributed by atoms with Gasteiger partial charge in [0.25, 0.3) is 0 Å². The van der Waals surface area contributed by atoms with Gasteiger partial charge in [0.2, 0.25) is 0 Å². The van der Waals surface area contributed by atoms with Gasteiger partial charge < -0.3 is 4.74 Å². The van der Waals surface area contributed by atoms with E-state index in [1.807, 2.05) is 6.07 Å². The maximum atomic E-state index is 13.3. The van der Waals surface area contributed by atoms with Crippen LogP contribution < -0.4 is 0 Å². The molecule has 4 aliphatic rings. The molecule has 5 heteroatoms. The van der Waals surface area contributed by atoms with Crippen molar-refractivity contribution >= 4 is 11.5 Å². The third kappa shape index (κ3) is 3.66. The first-order chi connectivity index (χ1) is 15.5. The number of carbonyl (C=O) groups is 1. The second-order valence-corrected chi connectivity index (χ2v) is 11.1. The predicted molar refractivity (Wildman–Crippen MR) is 122 cm³/mol. The Labute approximate surface area is 194 Å². The van der Waals surface area contributed by atoms with Crippen molar-refractivity contribution in [1.29, 1.82) is 0 Å². The molecule has 2 fully saturated rings. The number of carbonyl (C=O) groups excluding carboxylic acids is 1. The van der Waals surface area contributed by atoms with Crippen LogP contribution in [-0.2, 0) is 15.7 Å². The Kier molecular flexibility index (Phi) is 5.34. The van der Waals surface area contributed by atoms with Crippen LogP contribution in [0.4, 0.5) is 13.2 Å². The Bertz CT molecular complexity index is 1020. The normalized spacial score (nSPS) is 37.9. The molecule has 4 aliphatic carbocycles. The van der Waals surface area contributed by atoms with Crippen LogP contribution in [0.2, 0.25) is 0 Å². The third-order valence-corrected chi connectivity index (χ3v) is 9.47. The average Bonchev–Trinajstić information content (AvgIpc) is 3.10. The topological polar surface area (TPSA) is 26.3 Å². The SMILES string of the molecule is CC(=O)O[C@H]1CC[C@@]2(C)C(=CC[C@@H]3[C@@H]2CC[C@]2(C)C(c4cccc(C(F)(F)F)c4)=CC[C@@H]32)C1. The smallest absolute Gasteiger partial charge is 0.416 e. The van der Waals surface area contributed by atoms with E-state index in [0.717, 1.165) is 62.1 Å². The zero-order valence-corrected chi connectivity index (χ0v) is 19.7. The fourth-order valence-corrected chi connectivity index (χ4v) is 7.84. The molecule has 0 amide bonds. The van der Waals surface area contributed by atoms with Crippen LogP contribution in [0.5, 0.6) is 0 Å². The van der Waals surface area contributed by atoms with Crippen LogP contribution in [-0.4, -0.2) is 12.1 Å². The molecule has 2 nitrogen and oxygen atoms in total. The van der Waals surface area contributed by atoms with Gasteiger partial charge in [-0.15, -0.1) is 0 Å². The lowest BCUT2D eigenvalue weighted by Gasteiger charge is -2.57. The van der Waals surface area contributed by atoms with Gasteiger partial charge in [0.1, 0.15) is 6.10 Å². The summed E-state index contributed by atoms with van der Waals surface area (Å²) in [6.07, 6.45) is 7.16. The first-order valence-electron chi connectivity index (χ1n) is 12.3. The summed E-state index contributed by atoms with van der Waals surface area (Å²) in [5, 5.41) is 0. The number of benzene rings is 1. The molecule has 6 atom stereocenters. The standard InChI is InChI=1S/C28H33F3O2/c1-17(32)33-21-11-13-26(2)19(16-21)7-8-22-24-10-9-23(27(24,3)14-12-25(22)26)18-5-4-6-20(15-18)28(29,30)31/h4-7,9,15,21-22,24-25H,8,10-14,16H2,1-3H3/t21-,22-,24-,25-,26-,27+/m0/s1. The number of esters is 1. The van der Waals surface area contributed by atoms with Gasteiger partial charge in [-0.1, -0.05) is 43.7 Å². The quantitative estimate of drug-likeness (QED) is 0.337. The minimum atomic E-state index is -4.32. The van der Waals surface area contributed by atoms with E-state index >= 15 is 0 Å². The molecule has 33 heavy (non-hydrogen) atoms. The van der Waals surface area contributed by atoms with Crippen LogP contribution in [0.3, 0.4) is 0 Å². The summed E-state index contributed by atoms with van der Waals surface area (Å²) in [5.74, 6) is 1.39. The van der Waals surface area contributed by atoms with Crippen molar-refractivity contribution in [2.45, 2.75) is 78.0 Å². The minimum Gasteiger partial charge on any atom is -0.462 e. The highest BCUT2D eigenvalue weighted by molar-refractivity contribution is 5.73. The van der Waals surface area contributed by atoms with Gasteiger partial charge in [-0.2, -0.15) is 13.2 Å². The number of allylic oxidation sites excluding steroid dienone is 3. The molecule has 0 aliphatic heterocycles. The number of alkyl halides is 3. The summed E-state index contributed by atoms with van der Waals surface area (Å²) in [6, 6.07) is 5.88. The Hall–Kier alpha value is -2.04. The second-order valence-electron chi connectivity index (χ2n) is 11.1. The minimum absolute atomic E-state index is 0.00658. The van der Waals surface area contributed by atoms with Gasteiger partial charge in [-0.05, 0) is 90.4 Å². The molecule has 1 aromatic carbocycles. The molecular weight excluding hydrogens is 425 g/mol. The molecule has 0 saturated heterocycles. The summed E-state index contributed by atoms with van der Waals surface area (Å²) in [4.78, 5) is 11.5. The third-order valence-electron chi connectivity index (χ3n) is 9.47. The average molecular weight is 459 g/mol. The van der Waals surface area contributed by atoms with Gasteiger partial charge in [0.05, 0.1) is 5.56 Å². The molecule has 0 heterocycles. The van der Waals surface area contributed by atoms with E-state index in [-0.39, 0.29) is 22.9 Å². The van der Waals surface area contributed by atoms with E-state index in [0.29, 0.717) is 17.8 Å². The van der Waals surface area contributed by atoms with Gasteiger partial charge in [0.15, 0.2) is 0 Å². The number of rotatable bonds is 2. The van der Waals surface area contributed by atoms with Crippen molar-refractivity contribution in [3.63, 3.8) is 0 Å². The Morgan fingerprint density at radius 1 is 1.03 bits per heavy atom. The molecule has 0 aromatic heterocycles. The molecule has 0 bridgehead atoms. The van der Waals surface area contributed by atoms with E-state index in [9.17, 15) is 18.0 Å². The molecule has 0 unspecified atom stereocenters. The van der Waals surface area contributed by atoms with Crippen LogP contribution in [0.25, 0.3) is 5.57 Å². The summed E-state index contributed by atoms with van der Waals surface area (Å²) in [5.41, 5.74) is 2.78. The largest absolute Gasteiger partial charge is 0.462 e. The first-order valence-corrected chi connectivity index (χ1v) is 12.3. The van der Waals surface area contributed by atoms with Crippen molar-refractivity contribution < 1.29 is 22.7 Å². The molecule has 2 saturated carbocycles. The maximum absolute atomic E-state index is 13.3. The monoisotopic (exact) mass is 458 g/mol. The molecule has 0 N–H and O–H groups in total. The number of halogens is 3. The predicted octanol–water partition coefficient (Wildman–Crippen LogP) is 7.59. The van der Waals surface area contributed by atoms with Crippen molar-refractivity contribution in [3.8, 4) is 0 Å². The van der Waals surface area contributed by atoms with E-state index in [1.54, 1.807) is 6.07 Å². The zero-order valence-electron chi connectivity index (χ0n) is 19.7. The van der Waals surface area contributed by atoms with Gasteiger partial charge >= 0.3 is 12.1 Å². The number of ether oxygens (including phenoxy) is 1. The zero-order chi connectivity index (χ0) is 23.6. The van der Waals surface area contributed by atoms with E-state index < -0.39 is 11.7 Å². The Morgan fingerprint density at radius 3 is 2.52 bits per heavy atom. The van der Waals surface area contributed by atoms with E-state index in [1.165, 1.54) is 18.6 Å². The van der Waals surface area contributed by atoms with Gasteiger partial charge in [-0.3, -0.25) is 4.79 Å². The Morgan fingerprint density at radius 2 is 1.79 bits per heavy atom. The van der Waals surface area contributed by atoms with Crippen molar-refractivity contribution in [3.05, 3.63) is 53.1 Å². The Balaban J connectivity index is 1.41. The van der Waals surface area contributed by atoms with Crippen LogP contribution in [0.15, 0.2) is 42.0 Å². The van der Waals surface area contributed by atoms with Crippen molar-refractivity contribution in [2.75, 3.05) is 0 Å². The molecule has 5 rings (SSSR count). The summed E-state index contributed by atoms with van der Waals surface area (Å²) < 4.78 is 45.6. The highest BCUT2D eigenvalue weighted by atomic mass is 19.4. The summed E-state index contributed by atoms with van der Waals surface area (Å²) >= 11 is 0. The molecule has 0 radical (unpaired) electrons. The van der Waals surface area contributed by atoms with E-state index in [2.05, 4.69) is 26.0 Å². The highest BCUT2D eigenvalue weighted by Gasteiger charge is 2.57. The lowest BCUT2D eigenvalue weighted by Crippen LogP contribution is -2.50. The summed E-state index contributed by atoms with van der Waals surface area (Å²) in [6.45, 7) is 6.17. The van der Waals surface area contributed by atoms with Gasteiger partial charge in [0, 0.05) is 13.3 Å². The lowest BCUT2D eigenvalue weighted by molar-refractivity contribution is -0.148. The van der Waals surface area contributed by atoms with Crippen molar-refractivity contribution in [2.24, 2.45) is 28.6 Å². The van der Waals surface area contributed by atoms with Crippen LogP contribution >= 0.6 is 0 Å². The molecule has 0 spiro atoms. The fraction of sp³-hybridized carbons (Fsp3) is 0.607. The summed E-state index contributed by atoms with van der Waals surface area (Å²) in [7, 11) is 0. The van der Waals surface area contributed by atoms with Crippen LogP contribution in [0.1, 0.15) is 76.8 Å².